The highest BCUT2D eigenvalue weighted by molar-refractivity contribution is 5.01. The predicted octanol–water partition coefficient (Wildman–Crippen LogP) is 3.15. The molecule has 0 aromatic heterocycles. The van der Waals surface area contributed by atoms with Crippen LogP contribution >= 0.6 is 0 Å². The van der Waals surface area contributed by atoms with E-state index in [0.717, 1.165) is 30.7 Å². The first-order chi connectivity index (χ1) is 9.58. The highest BCUT2D eigenvalue weighted by Crippen LogP contribution is 2.61. The lowest BCUT2D eigenvalue weighted by Crippen LogP contribution is -2.47. The predicted molar refractivity (Wildman–Crippen MR) is 74.8 cm³/mol. The summed E-state index contributed by atoms with van der Waals surface area (Å²) in [6.07, 6.45) is 7.05. The third-order valence-electron chi connectivity index (χ3n) is 5.94. The molecule has 0 heterocycles. The molecule has 0 aromatic carbocycles. The van der Waals surface area contributed by atoms with Crippen LogP contribution in [0.2, 0.25) is 0 Å². The fourth-order valence-corrected chi connectivity index (χ4v) is 5.62. The number of aliphatic hydroxyl groups excluding tert-OH is 1. The fourth-order valence-electron chi connectivity index (χ4n) is 5.62. The van der Waals surface area contributed by atoms with E-state index in [1.54, 1.807) is 4.90 Å². The molecule has 0 spiro atoms. The molecule has 4 fully saturated rings. The number of hydrogen-bond donors (Lipinski definition) is 1. The van der Waals surface area contributed by atoms with Crippen molar-refractivity contribution < 1.29 is 13.9 Å². The normalized spacial score (nSPS) is 39.1. The summed E-state index contributed by atoms with van der Waals surface area (Å²) >= 11 is 0. The van der Waals surface area contributed by atoms with Crippen molar-refractivity contribution in [3.05, 3.63) is 0 Å². The van der Waals surface area contributed by atoms with Crippen molar-refractivity contribution >= 4 is 0 Å². The summed E-state index contributed by atoms with van der Waals surface area (Å²) in [6, 6.07) is 0. The summed E-state index contributed by atoms with van der Waals surface area (Å²) in [5.74, 6) is 2.76. The van der Waals surface area contributed by atoms with Gasteiger partial charge in [0.1, 0.15) is 0 Å². The van der Waals surface area contributed by atoms with Crippen molar-refractivity contribution in [1.82, 2.24) is 4.90 Å². The van der Waals surface area contributed by atoms with Gasteiger partial charge in [0.25, 0.3) is 6.43 Å². The van der Waals surface area contributed by atoms with Gasteiger partial charge in [0.2, 0.25) is 0 Å². The van der Waals surface area contributed by atoms with Gasteiger partial charge in [-0.1, -0.05) is 0 Å². The van der Waals surface area contributed by atoms with Gasteiger partial charge in [0.15, 0.2) is 0 Å². The maximum atomic E-state index is 12.6. The molecule has 0 aliphatic heterocycles. The van der Waals surface area contributed by atoms with Crippen LogP contribution in [0, 0.1) is 23.2 Å². The summed E-state index contributed by atoms with van der Waals surface area (Å²) in [5, 5.41) is 9.02. The highest BCUT2D eigenvalue weighted by Gasteiger charge is 2.50. The molecule has 0 unspecified atom stereocenters. The van der Waals surface area contributed by atoms with Gasteiger partial charge in [-0.3, -0.25) is 4.90 Å². The van der Waals surface area contributed by atoms with Gasteiger partial charge >= 0.3 is 0 Å². The molecule has 0 saturated heterocycles. The summed E-state index contributed by atoms with van der Waals surface area (Å²) in [7, 11) is 0. The standard InChI is InChI=1S/C16H27F2NO/c17-15(18)11-19(3-4-20)2-1-16-8-12-5-13(9-16)7-14(6-12)10-16/h12-15,20H,1-11H2. The second-order valence-corrected chi connectivity index (χ2v) is 7.58. The zero-order chi connectivity index (χ0) is 14.2. The van der Waals surface area contributed by atoms with E-state index in [1.165, 1.54) is 38.5 Å². The van der Waals surface area contributed by atoms with Crippen LogP contribution in [0.15, 0.2) is 0 Å². The van der Waals surface area contributed by atoms with Crippen LogP contribution in [0.5, 0.6) is 0 Å². The lowest BCUT2D eigenvalue weighted by molar-refractivity contribution is -0.0629. The molecule has 20 heavy (non-hydrogen) atoms. The lowest BCUT2D eigenvalue weighted by atomic mass is 9.49. The Morgan fingerprint density at radius 3 is 2.00 bits per heavy atom. The van der Waals surface area contributed by atoms with Crippen LogP contribution in [-0.2, 0) is 0 Å². The molecule has 1 N–H and O–H groups in total. The van der Waals surface area contributed by atoms with E-state index in [4.69, 9.17) is 5.11 Å². The number of nitrogens with zero attached hydrogens (tertiary/aromatic N) is 1. The first-order valence-corrected chi connectivity index (χ1v) is 8.20. The van der Waals surface area contributed by atoms with Crippen LogP contribution in [0.4, 0.5) is 8.78 Å². The Labute approximate surface area is 120 Å². The average molecular weight is 287 g/mol. The minimum Gasteiger partial charge on any atom is -0.395 e. The topological polar surface area (TPSA) is 23.5 Å². The third-order valence-corrected chi connectivity index (χ3v) is 5.94. The molecular weight excluding hydrogens is 260 g/mol. The number of rotatable bonds is 7. The maximum Gasteiger partial charge on any atom is 0.251 e. The maximum absolute atomic E-state index is 12.6. The molecule has 4 aliphatic rings. The van der Waals surface area contributed by atoms with Crippen molar-refractivity contribution in [1.29, 1.82) is 0 Å². The van der Waals surface area contributed by atoms with Gasteiger partial charge < -0.3 is 5.11 Å². The molecule has 0 aromatic rings. The quantitative estimate of drug-likeness (QED) is 0.777. The summed E-state index contributed by atoms with van der Waals surface area (Å²) < 4.78 is 25.1. The summed E-state index contributed by atoms with van der Waals surface area (Å²) in [4.78, 5) is 1.75. The second-order valence-electron chi connectivity index (χ2n) is 7.58. The van der Waals surface area contributed by atoms with E-state index in [2.05, 4.69) is 0 Å². The Balaban J connectivity index is 1.56. The van der Waals surface area contributed by atoms with Crippen molar-refractivity contribution in [2.75, 3.05) is 26.2 Å². The van der Waals surface area contributed by atoms with Crippen LogP contribution in [0.25, 0.3) is 0 Å². The van der Waals surface area contributed by atoms with E-state index < -0.39 is 6.43 Å². The van der Waals surface area contributed by atoms with Gasteiger partial charge in [-0.15, -0.1) is 0 Å². The molecule has 0 atom stereocenters. The van der Waals surface area contributed by atoms with E-state index in [1.807, 2.05) is 0 Å². The van der Waals surface area contributed by atoms with E-state index in [-0.39, 0.29) is 13.2 Å². The molecule has 4 heteroatoms. The van der Waals surface area contributed by atoms with Crippen molar-refractivity contribution in [2.24, 2.45) is 23.2 Å². The molecule has 0 radical (unpaired) electrons. The lowest BCUT2D eigenvalue weighted by Gasteiger charge is -2.57. The molecule has 4 aliphatic carbocycles. The van der Waals surface area contributed by atoms with Crippen molar-refractivity contribution in [3.63, 3.8) is 0 Å². The number of halogens is 2. The van der Waals surface area contributed by atoms with Crippen LogP contribution < -0.4 is 0 Å². The van der Waals surface area contributed by atoms with Crippen molar-refractivity contribution in [3.8, 4) is 0 Å². The van der Waals surface area contributed by atoms with Gasteiger partial charge in [-0.2, -0.15) is 0 Å². The van der Waals surface area contributed by atoms with Crippen LogP contribution in [-0.4, -0.2) is 42.7 Å². The molecule has 4 rings (SSSR count). The summed E-state index contributed by atoms with van der Waals surface area (Å²) in [5.41, 5.74) is 0.449. The monoisotopic (exact) mass is 287 g/mol. The zero-order valence-electron chi connectivity index (χ0n) is 12.2. The third kappa shape index (κ3) is 3.16. The largest absolute Gasteiger partial charge is 0.395 e. The molecule has 2 nitrogen and oxygen atoms in total. The molecule has 0 amide bonds. The number of alkyl halides is 2. The molecule has 116 valence electrons. The summed E-state index contributed by atoms with van der Waals surface area (Å²) in [6.45, 7) is 0.911. The second kappa shape index (κ2) is 5.88. The molecular formula is C16H27F2NO. The van der Waals surface area contributed by atoms with Gasteiger partial charge in [-0.05, 0) is 74.7 Å². The Hall–Kier alpha value is -0.220. The van der Waals surface area contributed by atoms with E-state index >= 15 is 0 Å². The Bertz CT molecular complexity index is 299. The van der Waals surface area contributed by atoms with Gasteiger partial charge in [0.05, 0.1) is 13.2 Å². The average Bonchev–Trinajstić information content (AvgIpc) is 2.34. The number of hydrogen-bond acceptors (Lipinski definition) is 2. The molecule has 4 saturated carbocycles. The van der Waals surface area contributed by atoms with Gasteiger partial charge in [-0.25, -0.2) is 8.78 Å². The minimum absolute atomic E-state index is 0.0202. The van der Waals surface area contributed by atoms with Gasteiger partial charge in [0, 0.05) is 6.54 Å². The SMILES string of the molecule is OCCN(CCC12CC3CC(CC(C3)C1)C2)CC(F)F. The Morgan fingerprint density at radius 2 is 1.55 bits per heavy atom. The highest BCUT2D eigenvalue weighted by atomic mass is 19.3. The molecule has 4 bridgehead atoms. The Morgan fingerprint density at radius 1 is 1.00 bits per heavy atom. The Kier molecular flexibility index (Phi) is 4.32. The van der Waals surface area contributed by atoms with Crippen molar-refractivity contribution in [2.45, 2.75) is 51.4 Å². The van der Waals surface area contributed by atoms with Crippen LogP contribution in [0.1, 0.15) is 44.9 Å². The smallest absolute Gasteiger partial charge is 0.251 e. The first kappa shape index (κ1) is 14.7. The number of aliphatic hydroxyl groups is 1. The fraction of sp³-hybridized carbons (Fsp3) is 1.00. The van der Waals surface area contributed by atoms with Crippen LogP contribution in [0.3, 0.4) is 0 Å². The van der Waals surface area contributed by atoms with E-state index in [0.29, 0.717) is 12.0 Å². The van der Waals surface area contributed by atoms with E-state index in [9.17, 15) is 8.78 Å². The minimum atomic E-state index is -2.29. The first-order valence-electron chi connectivity index (χ1n) is 8.20. The zero-order valence-corrected chi connectivity index (χ0v) is 12.2.